The van der Waals surface area contributed by atoms with Gasteiger partial charge in [-0.15, -0.1) is 0 Å². The molecule has 0 saturated carbocycles. The van der Waals surface area contributed by atoms with Crippen molar-refractivity contribution in [1.82, 2.24) is 15.5 Å². The first-order valence-corrected chi connectivity index (χ1v) is 14.1. The van der Waals surface area contributed by atoms with Crippen LogP contribution in [-0.2, 0) is 14.3 Å². The summed E-state index contributed by atoms with van der Waals surface area (Å²) in [7, 11) is 0. The molecule has 3 amide bonds. The predicted molar refractivity (Wildman–Crippen MR) is 149 cm³/mol. The number of nitrogens with one attached hydrogen (secondary N) is 2. The standard InChI is InChI=1S/C28H47N3O4S/c1-12-20(4)31(25(33)22(15-16-36-11)29-26(34)35-28(8,9)10)23(24(32)30-27(5,6)7)21-14-13-18(2)19(3)17-21/h13-14,17,20,22-23H,12,15-16H2,1-11H3,(H,29,34)(H,30,32). The topological polar surface area (TPSA) is 87.7 Å². The Bertz CT molecular complexity index is 905. The molecule has 3 unspecified atom stereocenters. The van der Waals surface area contributed by atoms with Gasteiger partial charge in [-0.1, -0.05) is 25.1 Å². The van der Waals surface area contributed by atoms with Gasteiger partial charge in [0.1, 0.15) is 17.7 Å². The van der Waals surface area contributed by atoms with Crippen LogP contribution in [0.1, 0.15) is 91.0 Å². The molecule has 0 aliphatic heterocycles. The van der Waals surface area contributed by atoms with Crippen molar-refractivity contribution in [3.63, 3.8) is 0 Å². The molecule has 0 aromatic heterocycles. The van der Waals surface area contributed by atoms with E-state index < -0.39 is 29.3 Å². The third kappa shape index (κ3) is 10.0. The van der Waals surface area contributed by atoms with Crippen molar-refractivity contribution >= 4 is 29.7 Å². The molecule has 0 bridgehead atoms. The monoisotopic (exact) mass is 521 g/mol. The molecule has 0 saturated heterocycles. The first-order valence-electron chi connectivity index (χ1n) is 12.7. The Labute approximate surface area is 222 Å². The number of thioether (sulfide) groups is 1. The predicted octanol–water partition coefficient (Wildman–Crippen LogP) is 5.53. The summed E-state index contributed by atoms with van der Waals surface area (Å²) in [5.41, 5.74) is 1.73. The molecule has 0 heterocycles. The maximum atomic E-state index is 14.2. The van der Waals surface area contributed by atoms with Gasteiger partial charge in [0.05, 0.1) is 0 Å². The van der Waals surface area contributed by atoms with E-state index in [1.807, 2.05) is 72.9 Å². The highest BCUT2D eigenvalue weighted by molar-refractivity contribution is 7.98. The van der Waals surface area contributed by atoms with Gasteiger partial charge in [-0.05, 0) is 104 Å². The summed E-state index contributed by atoms with van der Waals surface area (Å²) in [6.07, 6.45) is 2.38. The van der Waals surface area contributed by atoms with E-state index >= 15 is 0 Å². The van der Waals surface area contributed by atoms with Crippen molar-refractivity contribution in [2.75, 3.05) is 12.0 Å². The number of aryl methyl sites for hydroxylation is 2. The molecule has 1 aromatic carbocycles. The molecule has 0 aliphatic carbocycles. The molecule has 36 heavy (non-hydrogen) atoms. The highest BCUT2D eigenvalue weighted by Gasteiger charge is 2.39. The third-order valence-electron chi connectivity index (χ3n) is 5.79. The van der Waals surface area contributed by atoms with Crippen LogP contribution in [-0.4, -0.2) is 58.0 Å². The highest BCUT2D eigenvalue weighted by atomic mass is 32.2. The lowest BCUT2D eigenvalue weighted by atomic mass is 9.95. The maximum absolute atomic E-state index is 14.2. The minimum Gasteiger partial charge on any atom is -0.444 e. The molecule has 3 atom stereocenters. The Morgan fingerprint density at radius 2 is 1.67 bits per heavy atom. The number of hydrogen-bond donors (Lipinski definition) is 2. The van der Waals surface area contributed by atoms with Crippen LogP contribution in [0.5, 0.6) is 0 Å². The van der Waals surface area contributed by atoms with Crippen molar-refractivity contribution < 1.29 is 19.1 Å². The third-order valence-corrected chi connectivity index (χ3v) is 6.44. The Morgan fingerprint density at radius 3 is 2.14 bits per heavy atom. The van der Waals surface area contributed by atoms with E-state index in [0.717, 1.165) is 16.7 Å². The number of carbonyl (C=O) groups excluding carboxylic acids is 3. The number of benzene rings is 1. The summed E-state index contributed by atoms with van der Waals surface area (Å²) in [5.74, 6) is 0.125. The van der Waals surface area contributed by atoms with Gasteiger partial charge in [-0.2, -0.15) is 11.8 Å². The smallest absolute Gasteiger partial charge is 0.408 e. The van der Waals surface area contributed by atoms with Crippen molar-refractivity contribution in [2.24, 2.45) is 0 Å². The zero-order chi connectivity index (χ0) is 27.8. The van der Waals surface area contributed by atoms with Gasteiger partial charge in [-0.25, -0.2) is 4.79 Å². The van der Waals surface area contributed by atoms with Crippen LogP contribution in [0.25, 0.3) is 0 Å². The Kier molecular flexibility index (Phi) is 11.8. The maximum Gasteiger partial charge on any atom is 0.408 e. The molecule has 0 radical (unpaired) electrons. The SMILES string of the molecule is CCC(C)N(C(=O)C(CCSC)NC(=O)OC(C)(C)C)C(C(=O)NC(C)(C)C)c1ccc(C)c(C)c1. The number of rotatable bonds is 10. The van der Waals surface area contributed by atoms with Crippen LogP contribution in [0.3, 0.4) is 0 Å². The Morgan fingerprint density at radius 1 is 1.06 bits per heavy atom. The van der Waals surface area contributed by atoms with E-state index in [9.17, 15) is 14.4 Å². The average molecular weight is 522 g/mol. The Hall–Kier alpha value is -2.22. The van der Waals surface area contributed by atoms with Crippen molar-refractivity contribution in [2.45, 2.75) is 111 Å². The lowest BCUT2D eigenvalue weighted by Crippen LogP contribution is -2.57. The summed E-state index contributed by atoms with van der Waals surface area (Å²) in [6.45, 7) is 19.0. The van der Waals surface area contributed by atoms with Crippen molar-refractivity contribution in [1.29, 1.82) is 0 Å². The molecule has 204 valence electrons. The van der Waals surface area contributed by atoms with E-state index in [-0.39, 0.29) is 17.9 Å². The number of nitrogens with zero attached hydrogens (tertiary/aromatic N) is 1. The van der Waals surface area contributed by atoms with Gasteiger partial charge in [0.2, 0.25) is 11.8 Å². The lowest BCUT2D eigenvalue weighted by molar-refractivity contribution is -0.145. The van der Waals surface area contributed by atoms with Gasteiger partial charge < -0.3 is 20.3 Å². The number of carbonyl (C=O) groups is 3. The Balaban J connectivity index is 3.58. The van der Waals surface area contributed by atoms with E-state index in [4.69, 9.17) is 4.74 Å². The summed E-state index contributed by atoms with van der Waals surface area (Å²) in [6, 6.07) is 3.96. The minimum atomic E-state index is -0.844. The number of ether oxygens (including phenoxy) is 1. The number of alkyl carbamates (subject to hydrolysis) is 1. The van der Waals surface area contributed by atoms with E-state index in [2.05, 4.69) is 10.6 Å². The van der Waals surface area contributed by atoms with Gasteiger partial charge in [0.15, 0.2) is 0 Å². The van der Waals surface area contributed by atoms with Gasteiger partial charge >= 0.3 is 6.09 Å². The fourth-order valence-electron chi connectivity index (χ4n) is 3.73. The van der Waals surface area contributed by atoms with Crippen LogP contribution < -0.4 is 10.6 Å². The van der Waals surface area contributed by atoms with E-state index in [1.54, 1.807) is 37.4 Å². The fourth-order valence-corrected chi connectivity index (χ4v) is 4.20. The molecule has 2 N–H and O–H groups in total. The molecular formula is C28H47N3O4S. The second kappa shape index (κ2) is 13.4. The second-order valence-corrected chi connectivity index (χ2v) is 12.5. The number of amides is 3. The molecule has 1 aromatic rings. The second-order valence-electron chi connectivity index (χ2n) is 11.5. The fraction of sp³-hybridized carbons (Fsp3) is 0.679. The molecular weight excluding hydrogens is 474 g/mol. The summed E-state index contributed by atoms with van der Waals surface area (Å²) >= 11 is 1.59. The summed E-state index contributed by atoms with van der Waals surface area (Å²) in [4.78, 5) is 42.2. The van der Waals surface area contributed by atoms with Crippen LogP contribution in [0.4, 0.5) is 4.79 Å². The molecule has 8 heteroatoms. The van der Waals surface area contributed by atoms with Gasteiger partial charge in [-0.3, -0.25) is 9.59 Å². The highest BCUT2D eigenvalue weighted by Crippen LogP contribution is 2.29. The van der Waals surface area contributed by atoms with Crippen molar-refractivity contribution in [3.8, 4) is 0 Å². The zero-order valence-electron chi connectivity index (χ0n) is 24.1. The van der Waals surface area contributed by atoms with Crippen LogP contribution in [0.2, 0.25) is 0 Å². The van der Waals surface area contributed by atoms with Gasteiger partial charge in [0.25, 0.3) is 0 Å². The van der Waals surface area contributed by atoms with E-state index in [0.29, 0.717) is 18.6 Å². The summed E-state index contributed by atoms with van der Waals surface area (Å²) < 4.78 is 5.45. The quantitative estimate of drug-likeness (QED) is 0.423. The van der Waals surface area contributed by atoms with Crippen LogP contribution in [0, 0.1) is 13.8 Å². The van der Waals surface area contributed by atoms with Crippen LogP contribution in [0.15, 0.2) is 18.2 Å². The molecule has 0 spiro atoms. The first kappa shape index (κ1) is 31.8. The van der Waals surface area contributed by atoms with Gasteiger partial charge in [0, 0.05) is 11.6 Å². The largest absolute Gasteiger partial charge is 0.444 e. The molecule has 1 rings (SSSR count). The number of hydrogen-bond acceptors (Lipinski definition) is 5. The lowest BCUT2D eigenvalue weighted by Gasteiger charge is -2.39. The normalized spacial score (nSPS) is 14.4. The van der Waals surface area contributed by atoms with Crippen molar-refractivity contribution in [3.05, 3.63) is 34.9 Å². The molecule has 7 nitrogen and oxygen atoms in total. The van der Waals surface area contributed by atoms with Crippen LogP contribution >= 0.6 is 11.8 Å². The minimum absolute atomic E-state index is 0.243. The zero-order valence-corrected chi connectivity index (χ0v) is 24.9. The van der Waals surface area contributed by atoms with E-state index in [1.165, 1.54) is 0 Å². The first-order chi connectivity index (χ1) is 16.5. The average Bonchev–Trinajstić information content (AvgIpc) is 2.73. The molecule has 0 aliphatic rings. The summed E-state index contributed by atoms with van der Waals surface area (Å²) in [5, 5.41) is 5.86. The molecule has 0 fully saturated rings.